The number of hydrogen-bond acceptors (Lipinski definition) is 3. The molecule has 0 amide bonds. The summed E-state index contributed by atoms with van der Waals surface area (Å²) in [5.41, 5.74) is 1.21. The van der Waals surface area contributed by atoms with Crippen molar-refractivity contribution < 1.29 is 9.52 Å². The second kappa shape index (κ2) is 6.06. The van der Waals surface area contributed by atoms with E-state index in [0.29, 0.717) is 12.0 Å². The van der Waals surface area contributed by atoms with Crippen LogP contribution in [-0.2, 0) is 6.54 Å². The Hall–Kier alpha value is -0.800. The molecule has 0 radical (unpaired) electrons. The van der Waals surface area contributed by atoms with E-state index in [0.717, 1.165) is 24.5 Å². The maximum atomic E-state index is 8.98. The van der Waals surface area contributed by atoms with E-state index >= 15 is 0 Å². The van der Waals surface area contributed by atoms with Gasteiger partial charge in [-0.25, -0.2) is 0 Å². The standard InChI is InChI=1S/C13H23NO2/c1-9(2)13(5-6-15)14-8-12-7-10(3)16-11(12)4/h7,9,13-15H,5-6,8H2,1-4H3. The van der Waals surface area contributed by atoms with E-state index in [1.165, 1.54) is 5.56 Å². The molecule has 0 aliphatic carbocycles. The van der Waals surface area contributed by atoms with E-state index in [4.69, 9.17) is 9.52 Å². The van der Waals surface area contributed by atoms with Gasteiger partial charge in [-0.2, -0.15) is 0 Å². The van der Waals surface area contributed by atoms with Gasteiger partial charge in [-0.15, -0.1) is 0 Å². The fourth-order valence-electron chi connectivity index (χ4n) is 1.91. The van der Waals surface area contributed by atoms with Gasteiger partial charge in [0.25, 0.3) is 0 Å². The quantitative estimate of drug-likeness (QED) is 0.781. The summed E-state index contributed by atoms with van der Waals surface area (Å²) < 4.78 is 5.48. The third kappa shape index (κ3) is 3.65. The maximum absolute atomic E-state index is 8.98. The molecule has 92 valence electrons. The molecular formula is C13H23NO2. The Kier molecular flexibility index (Phi) is 5.03. The number of hydrogen-bond donors (Lipinski definition) is 2. The molecule has 0 aliphatic rings. The molecule has 0 saturated carbocycles. The zero-order valence-electron chi connectivity index (χ0n) is 10.7. The highest BCUT2D eigenvalue weighted by Crippen LogP contribution is 2.14. The van der Waals surface area contributed by atoms with Crippen LogP contribution in [0.4, 0.5) is 0 Å². The predicted octanol–water partition coefficient (Wildman–Crippen LogP) is 2.39. The van der Waals surface area contributed by atoms with Gasteiger partial charge in [-0.3, -0.25) is 0 Å². The van der Waals surface area contributed by atoms with Crippen molar-refractivity contribution in [2.24, 2.45) is 5.92 Å². The first kappa shape index (κ1) is 13.3. The fraction of sp³-hybridized carbons (Fsp3) is 0.692. The van der Waals surface area contributed by atoms with Gasteiger partial charge in [0.1, 0.15) is 11.5 Å². The molecule has 1 atom stereocenters. The molecule has 0 bridgehead atoms. The van der Waals surface area contributed by atoms with E-state index in [-0.39, 0.29) is 6.61 Å². The van der Waals surface area contributed by atoms with Gasteiger partial charge in [-0.05, 0) is 32.3 Å². The highest BCUT2D eigenvalue weighted by Gasteiger charge is 2.13. The van der Waals surface area contributed by atoms with Crippen LogP contribution in [0.1, 0.15) is 37.4 Å². The minimum Gasteiger partial charge on any atom is -0.466 e. The van der Waals surface area contributed by atoms with Crippen LogP contribution in [0.5, 0.6) is 0 Å². The Morgan fingerprint density at radius 1 is 1.38 bits per heavy atom. The number of nitrogens with one attached hydrogen (secondary N) is 1. The zero-order valence-corrected chi connectivity index (χ0v) is 10.7. The summed E-state index contributed by atoms with van der Waals surface area (Å²) in [7, 11) is 0. The minimum absolute atomic E-state index is 0.235. The van der Waals surface area contributed by atoms with Crippen molar-refractivity contribution in [1.29, 1.82) is 0 Å². The molecule has 1 aromatic rings. The summed E-state index contributed by atoms with van der Waals surface area (Å²) in [6.45, 7) is 9.33. The van der Waals surface area contributed by atoms with Crippen molar-refractivity contribution in [1.82, 2.24) is 5.32 Å². The van der Waals surface area contributed by atoms with Crippen molar-refractivity contribution >= 4 is 0 Å². The molecule has 1 aromatic heterocycles. The maximum Gasteiger partial charge on any atom is 0.105 e. The first-order chi connectivity index (χ1) is 7.54. The summed E-state index contributed by atoms with van der Waals surface area (Å²) in [6.07, 6.45) is 0.799. The van der Waals surface area contributed by atoms with Gasteiger partial charge >= 0.3 is 0 Å². The molecule has 3 heteroatoms. The highest BCUT2D eigenvalue weighted by atomic mass is 16.3. The van der Waals surface area contributed by atoms with Gasteiger partial charge in [0.15, 0.2) is 0 Å². The first-order valence-electron chi connectivity index (χ1n) is 5.94. The molecule has 16 heavy (non-hydrogen) atoms. The average molecular weight is 225 g/mol. The van der Waals surface area contributed by atoms with E-state index < -0.39 is 0 Å². The largest absolute Gasteiger partial charge is 0.466 e. The Morgan fingerprint density at radius 3 is 2.50 bits per heavy atom. The van der Waals surface area contributed by atoms with Crippen molar-refractivity contribution in [2.75, 3.05) is 6.61 Å². The van der Waals surface area contributed by atoms with E-state index in [1.54, 1.807) is 0 Å². The molecule has 1 rings (SSSR count). The molecule has 0 aromatic carbocycles. The van der Waals surface area contributed by atoms with Gasteiger partial charge in [0.05, 0.1) is 0 Å². The molecule has 0 saturated heterocycles. The van der Waals surface area contributed by atoms with Gasteiger partial charge < -0.3 is 14.8 Å². The number of aliphatic hydroxyl groups is 1. The minimum atomic E-state index is 0.235. The number of rotatable bonds is 6. The van der Waals surface area contributed by atoms with Crippen LogP contribution in [0.25, 0.3) is 0 Å². The molecule has 2 N–H and O–H groups in total. The van der Waals surface area contributed by atoms with E-state index in [9.17, 15) is 0 Å². The normalized spacial score (nSPS) is 13.4. The number of furan rings is 1. The summed E-state index contributed by atoms with van der Waals surface area (Å²) in [5, 5.41) is 12.5. The lowest BCUT2D eigenvalue weighted by Crippen LogP contribution is -2.34. The van der Waals surface area contributed by atoms with Crippen LogP contribution in [0.15, 0.2) is 10.5 Å². The monoisotopic (exact) mass is 225 g/mol. The van der Waals surface area contributed by atoms with Crippen LogP contribution in [0.3, 0.4) is 0 Å². The predicted molar refractivity (Wildman–Crippen MR) is 65.4 cm³/mol. The lowest BCUT2D eigenvalue weighted by atomic mass is 10.0. The molecular weight excluding hydrogens is 202 g/mol. The summed E-state index contributed by atoms with van der Waals surface area (Å²) in [4.78, 5) is 0. The Balaban J connectivity index is 2.51. The van der Waals surface area contributed by atoms with E-state index in [2.05, 4.69) is 25.2 Å². The Labute approximate surface area is 97.9 Å². The zero-order chi connectivity index (χ0) is 12.1. The highest BCUT2D eigenvalue weighted by molar-refractivity contribution is 5.19. The number of aryl methyl sites for hydroxylation is 2. The summed E-state index contributed by atoms with van der Waals surface area (Å²) in [6, 6.07) is 2.43. The van der Waals surface area contributed by atoms with Gasteiger partial charge in [0.2, 0.25) is 0 Å². The second-order valence-corrected chi connectivity index (χ2v) is 4.68. The topological polar surface area (TPSA) is 45.4 Å². The van der Waals surface area contributed by atoms with E-state index in [1.807, 2.05) is 13.8 Å². The lowest BCUT2D eigenvalue weighted by Gasteiger charge is -2.21. The molecule has 0 fully saturated rings. The molecule has 1 unspecified atom stereocenters. The second-order valence-electron chi connectivity index (χ2n) is 4.68. The van der Waals surface area contributed by atoms with Gasteiger partial charge in [0, 0.05) is 24.8 Å². The Morgan fingerprint density at radius 2 is 2.06 bits per heavy atom. The molecule has 1 heterocycles. The third-order valence-electron chi connectivity index (χ3n) is 2.94. The Bertz CT molecular complexity index is 318. The van der Waals surface area contributed by atoms with Crippen LogP contribution in [0.2, 0.25) is 0 Å². The van der Waals surface area contributed by atoms with Crippen molar-refractivity contribution in [3.05, 3.63) is 23.2 Å². The van der Waals surface area contributed by atoms with Crippen molar-refractivity contribution in [3.63, 3.8) is 0 Å². The number of aliphatic hydroxyl groups excluding tert-OH is 1. The summed E-state index contributed by atoms with van der Waals surface area (Å²) >= 11 is 0. The van der Waals surface area contributed by atoms with Gasteiger partial charge in [-0.1, -0.05) is 13.8 Å². The average Bonchev–Trinajstić information content (AvgIpc) is 2.51. The molecule has 0 spiro atoms. The summed E-state index contributed by atoms with van der Waals surface area (Å²) in [5.74, 6) is 2.47. The molecule has 3 nitrogen and oxygen atoms in total. The van der Waals surface area contributed by atoms with Crippen molar-refractivity contribution in [2.45, 2.75) is 46.7 Å². The van der Waals surface area contributed by atoms with Crippen LogP contribution in [0, 0.1) is 19.8 Å². The molecule has 0 aliphatic heterocycles. The fourth-order valence-corrected chi connectivity index (χ4v) is 1.91. The first-order valence-corrected chi connectivity index (χ1v) is 5.94. The third-order valence-corrected chi connectivity index (χ3v) is 2.94. The van der Waals surface area contributed by atoms with Crippen LogP contribution >= 0.6 is 0 Å². The van der Waals surface area contributed by atoms with Crippen LogP contribution in [-0.4, -0.2) is 17.8 Å². The SMILES string of the molecule is Cc1cc(CNC(CCO)C(C)C)c(C)o1. The lowest BCUT2D eigenvalue weighted by molar-refractivity contribution is 0.243. The smallest absolute Gasteiger partial charge is 0.105 e. The van der Waals surface area contributed by atoms with Crippen LogP contribution < -0.4 is 5.32 Å². The van der Waals surface area contributed by atoms with Crippen molar-refractivity contribution in [3.8, 4) is 0 Å².